The van der Waals surface area contributed by atoms with E-state index in [2.05, 4.69) is 0 Å². The molecule has 0 N–H and O–H groups in total. The Bertz CT molecular complexity index is 894. The minimum atomic E-state index is -0.210. The highest BCUT2D eigenvalue weighted by Gasteiger charge is 2.23. The first-order valence-corrected chi connectivity index (χ1v) is 9.87. The van der Waals surface area contributed by atoms with Gasteiger partial charge >= 0.3 is 5.97 Å². The maximum absolute atomic E-state index is 12.7. The van der Waals surface area contributed by atoms with Crippen molar-refractivity contribution in [1.82, 2.24) is 0 Å². The summed E-state index contributed by atoms with van der Waals surface area (Å²) < 4.78 is 16.1. The summed E-state index contributed by atoms with van der Waals surface area (Å²) in [6, 6.07) is 12.3. The van der Waals surface area contributed by atoms with Gasteiger partial charge < -0.3 is 14.2 Å². The van der Waals surface area contributed by atoms with Crippen molar-refractivity contribution in [1.29, 1.82) is 0 Å². The maximum Gasteiger partial charge on any atom is 0.314 e. The number of carbonyl (C=O) groups is 2. The Morgan fingerprint density at radius 2 is 1.69 bits per heavy atom. The Hall–Kier alpha value is -3.08. The van der Waals surface area contributed by atoms with Gasteiger partial charge in [0.05, 0.1) is 25.7 Å². The van der Waals surface area contributed by atoms with E-state index >= 15 is 0 Å². The Kier molecular flexibility index (Phi) is 7.06. The van der Waals surface area contributed by atoms with E-state index < -0.39 is 0 Å². The SMILES string of the molecule is COc1ccc(C(=O)/C=C/c2ccccc2OC(=O)C2CCCCC2)c(OC)c1. The third-order valence-corrected chi connectivity index (χ3v) is 5.16. The van der Waals surface area contributed by atoms with Gasteiger partial charge in [0.2, 0.25) is 0 Å². The Morgan fingerprint density at radius 3 is 2.41 bits per heavy atom. The summed E-state index contributed by atoms with van der Waals surface area (Å²) in [5, 5.41) is 0. The Labute approximate surface area is 171 Å². The topological polar surface area (TPSA) is 61.8 Å². The van der Waals surface area contributed by atoms with E-state index in [1.54, 1.807) is 37.5 Å². The number of ether oxygens (including phenoxy) is 3. The number of para-hydroxylation sites is 1. The minimum absolute atomic E-state index is 0.0361. The number of rotatable bonds is 7. The first-order valence-electron chi connectivity index (χ1n) is 9.87. The molecule has 1 fully saturated rings. The summed E-state index contributed by atoms with van der Waals surface area (Å²) in [5.41, 5.74) is 1.11. The van der Waals surface area contributed by atoms with Crippen molar-refractivity contribution in [3.63, 3.8) is 0 Å². The molecule has 0 atom stereocenters. The van der Waals surface area contributed by atoms with Crippen LogP contribution in [-0.4, -0.2) is 26.0 Å². The highest BCUT2D eigenvalue weighted by atomic mass is 16.5. The standard InChI is InChI=1S/C24H26O5/c1-27-19-13-14-20(23(16-19)28-2)21(25)15-12-17-8-6-7-11-22(17)29-24(26)18-9-4-3-5-10-18/h6-8,11-16,18H,3-5,9-10H2,1-2H3/b15-12+. The van der Waals surface area contributed by atoms with Crippen molar-refractivity contribution in [2.45, 2.75) is 32.1 Å². The minimum Gasteiger partial charge on any atom is -0.497 e. The number of allylic oxidation sites excluding steroid dienone is 1. The molecule has 0 heterocycles. The fraction of sp³-hybridized carbons (Fsp3) is 0.333. The molecule has 2 aromatic rings. The second-order valence-electron chi connectivity index (χ2n) is 7.06. The van der Waals surface area contributed by atoms with E-state index in [1.165, 1.54) is 19.6 Å². The van der Waals surface area contributed by atoms with Crippen LogP contribution in [0.3, 0.4) is 0 Å². The number of esters is 1. The van der Waals surface area contributed by atoms with Crippen LogP contribution in [0.5, 0.6) is 17.2 Å². The van der Waals surface area contributed by atoms with Gasteiger partial charge in [-0.15, -0.1) is 0 Å². The van der Waals surface area contributed by atoms with Crippen LogP contribution in [0.2, 0.25) is 0 Å². The van der Waals surface area contributed by atoms with Crippen molar-refractivity contribution in [3.05, 3.63) is 59.7 Å². The molecule has 5 heteroatoms. The summed E-state index contributed by atoms with van der Waals surface area (Å²) in [6.45, 7) is 0. The highest BCUT2D eigenvalue weighted by Crippen LogP contribution is 2.28. The lowest BCUT2D eigenvalue weighted by Crippen LogP contribution is -2.23. The van der Waals surface area contributed by atoms with Gasteiger partial charge in [-0.25, -0.2) is 0 Å². The van der Waals surface area contributed by atoms with Gasteiger partial charge in [-0.1, -0.05) is 37.5 Å². The number of carbonyl (C=O) groups excluding carboxylic acids is 2. The molecule has 0 saturated heterocycles. The van der Waals surface area contributed by atoms with E-state index in [1.807, 2.05) is 18.2 Å². The predicted molar refractivity (Wildman–Crippen MR) is 112 cm³/mol. The smallest absolute Gasteiger partial charge is 0.314 e. The predicted octanol–water partition coefficient (Wildman–Crippen LogP) is 5.09. The van der Waals surface area contributed by atoms with E-state index in [-0.39, 0.29) is 17.7 Å². The molecule has 1 aliphatic carbocycles. The van der Waals surface area contributed by atoms with Crippen molar-refractivity contribution in [2.24, 2.45) is 5.92 Å². The third kappa shape index (κ3) is 5.25. The lowest BCUT2D eigenvalue weighted by Gasteiger charge is -2.20. The monoisotopic (exact) mass is 394 g/mol. The number of methoxy groups -OCH3 is 2. The molecular weight excluding hydrogens is 368 g/mol. The molecule has 0 unspecified atom stereocenters. The number of benzene rings is 2. The summed E-state index contributed by atoms with van der Waals surface area (Å²) >= 11 is 0. The average Bonchev–Trinajstić information content (AvgIpc) is 2.78. The second-order valence-corrected chi connectivity index (χ2v) is 7.06. The Balaban J connectivity index is 1.75. The van der Waals surface area contributed by atoms with E-state index in [4.69, 9.17) is 14.2 Å². The van der Waals surface area contributed by atoms with Crippen LogP contribution in [0.1, 0.15) is 48.0 Å². The maximum atomic E-state index is 12.7. The fourth-order valence-electron chi connectivity index (χ4n) is 3.50. The highest BCUT2D eigenvalue weighted by molar-refractivity contribution is 6.08. The number of ketones is 1. The van der Waals surface area contributed by atoms with Crippen LogP contribution in [0.15, 0.2) is 48.5 Å². The van der Waals surface area contributed by atoms with Gasteiger partial charge in [0.15, 0.2) is 5.78 Å². The van der Waals surface area contributed by atoms with Crippen molar-refractivity contribution in [2.75, 3.05) is 14.2 Å². The van der Waals surface area contributed by atoms with Crippen molar-refractivity contribution in [3.8, 4) is 17.2 Å². The molecule has 0 radical (unpaired) electrons. The summed E-state index contributed by atoms with van der Waals surface area (Å²) in [4.78, 5) is 25.1. The molecule has 1 saturated carbocycles. The van der Waals surface area contributed by atoms with E-state index in [9.17, 15) is 9.59 Å². The van der Waals surface area contributed by atoms with Gasteiger partial charge in [-0.3, -0.25) is 9.59 Å². The molecule has 0 aromatic heterocycles. The summed E-state index contributed by atoms with van der Waals surface area (Å²) in [5.74, 6) is 1.09. The molecule has 1 aliphatic rings. The van der Waals surface area contributed by atoms with Gasteiger partial charge in [-0.05, 0) is 43.2 Å². The van der Waals surface area contributed by atoms with Crippen LogP contribution in [0.25, 0.3) is 6.08 Å². The van der Waals surface area contributed by atoms with Gasteiger partial charge in [0.1, 0.15) is 17.2 Å². The largest absolute Gasteiger partial charge is 0.497 e. The van der Waals surface area contributed by atoms with E-state index in [0.29, 0.717) is 28.4 Å². The van der Waals surface area contributed by atoms with E-state index in [0.717, 1.165) is 25.7 Å². The van der Waals surface area contributed by atoms with Crippen molar-refractivity contribution < 1.29 is 23.8 Å². The molecule has 0 spiro atoms. The fourth-order valence-corrected chi connectivity index (χ4v) is 3.50. The molecule has 3 rings (SSSR count). The zero-order valence-electron chi connectivity index (χ0n) is 16.9. The molecular formula is C24H26O5. The molecule has 0 aliphatic heterocycles. The zero-order chi connectivity index (χ0) is 20.6. The normalized spacial score (nSPS) is 14.6. The Morgan fingerprint density at radius 1 is 0.931 bits per heavy atom. The second kappa shape index (κ2) is 9.92. The molecule has 29 heavy (non-hydrogen) atoms. The molecule has 5 nitrogen and oxygen atoms in total. The lowest BCUT2D eigenvalue weighted by molar-refractivity contribution is -0.140. The van der Waals surface area contributed by atoms with Crippen LogP contribution < -0.4 is 14.2 Å². The molecule has 0 amide bonds. The summed E-state index contributed by atoms with van der Waals surface area (Å²) in [6.07, 6.45) is 8.20. The number of hydrogen-bond acceptors (Lipinski definition) is 5. The molecule has 2 aromatic carbocycles. The molecule has 0 bridgehead atoms. The first kappa shape index (κ1) is 20.6. The quantitative estimate of drug-likeness (QED) is 0.283. The summed E-state index contributed by atoms with van der Waals surface area (Å²) in [7, 11) is 3.07. The number of hydrogen-bond donors (Lipinski definition) is 0. The van der Waals surface area contributed by atoms with Gasteiger partial charge in [0.25, 0.3) is 0 Å². The van der Waals surface area contributed by atoms with Gasteiger partial charge in [-0.2, -0.15) is 0 Å². The zero-order valence-corrected chi connectivity index (χ0v) is 16.9. The van der Waals surface area contributed by atoms with Gasteiger partial charge in [0, 0.05) is 11.6 Å². The first-order chi connectivity index (χ1) is 14.1. The van der Waals surface area contributed by atoms with Crippen molar-refractivity contribution >= 4 is 17.8 Å². The van der Waals surface area contributed by atoms with Crippen LogP contribution in [0.4, 0.5) is 0 Å². The third-order valence-electron chi connectivity index (χ3n) is 5.16. The average molecular weight is 394 g/mol. The van der Waals surface area contributed by atoms with Crippen LogP contribution >= 0.6 is 0 Å². The van der Waals surface area contributed by atoms with Crippen LogP contribution in [0, 0.1) is 5.92 Å². The molecule has 152 valence electrons. The van der Waals surface area contributed by atoms with Crippen LogP contribution in [-0.2, 0) is 4.79 Å². The lowest BCUT2D eigenvalue weighted by atomic mass is 9.89.